The minimum atomic E-state index is -0.837. The Morgan fingerprint density at radius 3 is 2.43 bits per heavy atom. The number of amides is 3. The summed E-state index contributed by atoms with van der Waals surface area (Å²) in [6.07, 6.45) is 1.11. The Hall–Kier alpha value is -2.68. The number of unbranched alkanes of at least 4 members (excludes halogenated alkanes) is 1. The van der Waals surface area contributed by atoms with Crippen LogP contribution in [0.3, 0.4) is 0 Å². The first-order valence-corrected chi connectivity index (χ1v) is 9.51. The van der Waals surface area contributed by atoms with Crippen molar-refractivity contribution in [2.45, 2.75) is 51.8 Å². The third-order valence-electron chi connectivity index (χ3n) is 3.90. The summed E-state index contributed by atoms with van der Waals surface area (Å²) in [5.74, 6) is -1.14. The summed E-state index contributed by atoms with van der Waals surface area (Å²) < 4.78 is 5.17. The number of hydrogen-bond acceptors (Lipinski definition) is 5. The molecule has 0 unspecified atom stereocenters. The lowest BCUT2D eigenvalue weighted by atomic mass is 10.1. The number of alkyl carbamates (subject to hydrolysis) is 1. The van der Waals surface area contributed by atoms with E-state index in [1.165, 1.54) is 6.92 Å². The molecule has 0 saturated heterocycles. The molecule has 0 saturated carbocycles. The van der Waals surface area contributed by atoms with Gasteiger partial charge in [-0.1, -0.05) is 42.5 Å². The first-order chi connectivity index (χ1) is 13.3. The first-order valence-electron chi connectivity index (χ1n) is 9.11. The van der Waals surface area contributed by atoms with E-state index in [1.807, 2.05) is 30.3 Å². The second-order valence-electron chi connectivity index (χ2n) is 6.37. The molecule has 0 aromatic heterocycles. The second-order valence-corrected chi connectivity index (χ2v) is 6.98. The Morgan fingerprint density at radius 1 is 1.14 bits per heavy atom. The Bertz CT molecular complexity index is 669. The maximum absolute atomic E-state index is 12.4. The number of primary amides is 1. The van der Waals surface area contributed by atoms with E-state index < -0.39 is 30.0 Å². The number of hydrogen-bond donors (Lipinski definition) is 4. The van der Waals surface area contributed by atoms with Gasteiger partial charge >= 0.3 is 6.09 Å². The zero-order chi connectivity index (χ0) is 20.9. The van der Waals surface area contributed by atoms with Crippen molar-refractivity contribution in [2.24, 2.45) is 5.73 Å². The van der Waals surface area contributed by atoms with Crippen LogP contribution in [0.25, 0.3) is 0 Å². The second kappa shape index (κ2) is 12.7. The number of carbonyl (C=O) groups is 3. The number of rotatable bonds is 11. The third kappa shape index (κ3) is 9.86. The molecule has 0 heterocycles. The molecule has 1 rings (SSSR count). The normalized spacial score (nSPS) is 12.4. The van der Waals surface area contributed by atoms with Gasteiger partial charge in [0.05, 0.1) is 4.99 Å². The van der Waals surface area contributed by atoms with Crippen LogP contribution in [0.1, 0.15) is 38.7 Å². The van der Waals surface area contributed by atoms with Crippen molar-refractivity contribution in [3.05, 3.63) is 35.9 Å². The lowest BCUT2D eigenvalue weighted by molar-refractivity contribution is -0.128. The number of carbonyl (C=O) groups excluding carboxylic acids is 3. The van der Waals surface area contributed by atoms with Crippen LogP contribution in [-0.4, -0.2) is 41.5 Å². The summed E-state index contributed by atoms with van der Waals surface area (Å²) in [6, 6.07) is 7.54. The lowest BCUT2D eigenvalue weighted by Crippen LogP contribution is -2.52. The molecule has 5 N–H and O–H groups in total. The molecule has 8 nitrogen and oxygen atoms in total. The van der Waals surface area contributed by atoms with Gasteiger partial charge in [0.1, 0.15) is 18.7 Å². The minimum Gasteiger partial charge on any atom is -0.445 e. The van der Waals surface area contributed by atoms with Gasteiger partial charge in [0.2, 0.25) is 11.8 Å². The molecule has 0 aliphatic heterocycles. The number of ether oxygens (including phenoxy) is 1. The highest BCUT2D eigenvalue weighted by Gasteiger charge is 2.23. The maximum Gasteiger partial charge on any atom is 0.408 e. The molecule has 0 fully saturated rings. The van der Waals surface area contributed by atoms with Crippen LogP contribution >= 0.6 is 12.2 Å². The monoisotopic (exact) mass is 408 g/mol. The van der Waals surface area contributed by atoms with Crippen molar-refractivity contribution in [1.29, 1.82) is 0 Å². The highest BCUT2D eigenvalue weighted by Crippen LogP contribution is 2.05. The summed E-state index contributed by atoms with van der Waals surface area (Å²) in [5, 5.41) is 8.09. The molecule has 0 radical (unpaired) electrons. The predicted molar refractivity (Wildman–Crippen MR) is 110 cm³/mol. The van der Waals surface area contributed by atoms with Crippen LogP contribution in [0.4, 0.5) is 4.79 Å². The fourth-order valence-electron chi connectivity index (χ4n) is 2.30. The summed E-state index contributed by atoms with van der Waals surface area (Å²) >= 11 is 4.94. The van der Waals surface area contributed by atoms with E-state index in [4.69, 9.17) is 22.7 Å². The van der Waals surface area contributed by atoms with Gasteiger partial charge in [0.15, 0.2) is 0 Å². The van der Waals surface area contributed by atoms with Gasteiger partial charge < -0.3 is 26.4 Å². The first kappa shape index (κ1) is 23.4. The van der Waals surface area contributed by atoms with Crippen LogP contribution in [0.5, 0.6) is 0 Å². The quantitative estimate of drug-likeness (QED) is 0.324. The van der Waals surface area contributed by atoms with E-state index in [1.54, 1.807) is 6.92 Å². The van der Waals surface area contributed by atoms with Gasteiger partial charge in [-0.05, 0) is 38.7 Å². The van der Waals surface area contributed by atoms with E-state index in [0.29, 0.717) is 24.4 Å². The molecule has 9 heteroatoms. The standard InChI is InChI=1S/C19H28N4O4S/c1-13(17(20)24)22-18(25)16(10-6-7-11-21-14(2)28)23-19(26)27-12-15-8-4-3-5-9-15/h3-5,8-9,13,16H,6-7,10-12H2,1-2H3,(H2,20,24)(H,21,28)(H,22,25)(H,23,26)/t13-,16-/m0/s1. The van der Waals surface area contributed by atoms with Crippen molar-refractivity contribution < 1.29 is 19.1 Å². The van der Waals surface area contributed by atoms with Gasteiger partial charge in [-0.15, -0.1) is 0 Å². The van der Waals surface area contributed by atoms with E-state index in [2.05, 4.69) is 16.0 Å². The van der Waals surface area contributed by atoms with E-state index in [-0.39, 0.29) is 6.61 Å². The van der Waals surface area contributed by atoms with Crippen LogP contribution < -0.4 is 21.7 Å². The molecule has 0 spiro atoms. The molecule has 1 aromatic carbocycles. The minimum absolute atomic E-state index is 0.0938. The zero-order valence-corrected chi connectivity index (χ0v) is 17.0. The van der Waals surface area contributed by atoms with E-state index >= 15 is 0 Å². The zero-order valence-electron chi connectivity index (χ0n) is 16.2. The average Bonchev–Trinajstić information content (AvgIpc) is 2.65. The largest absolute Gasteiger partial charge is 0.445 e. The topological polar surface area (TPSA) is 123 Å². The number of benzene rings is 1. The number of nitrogens with two attached hydrogens (primary N) is 1. The summed E-state index contributed by atoms with van der Waals surface area (Å²) in [5.41, 5.74) is 6.02. The molecule has 3 amide bonds. The molecular formula is C19H28N4O4S. The molecule has 0 aliphatic carbocycles. The van der Waals surface area contributed by atoms with Gasteiger partial charge in [-0.2, -0.15) is 0 Å². The van der Waals surface area contributed by atoms with Crippen molar-refractivity contribution in [3.63, 3.8) is 0 Å². The van der Waals surface area contributed by atoms with Crippen LogP contribution in [0.15, 0.2) is 30.3 Å². The van der Waals surface area contributed by atoms with Gasteiger partial charge in [0.25, 0.3) is 0 Å². The molecule has 0 aliphatic rings. The summed E-state index contributed by atoms with van der Waals surface area (Å²) in [7, 11) is 0. The SMILES string of the molecule is CC(=S)NCCCC[C@H](NC(=O)OCc1ccccc1)C(=O)N[C@@H](C)C(N)=O. The smallest absolute Gasteiger partial charge is 0.408 e. The van der Waals surface area contributed by atoms with E-state index in [9.17, 15) is 14.4 Å². The Balaban J connectivity index is 2.56. The number of thiocarbonyl (C=S) groups is 1. The van der Waals surface area contributed by atoms with E-state index in [0.717, 1.165) is 12.0 Å². The highest BCUT2D eigenvalue weighted by molar-refractivity contribution is 7.80. The Kier molecular flexibility index (Phi) is 10.6. The molecule has 0 bridgehead atoms. The number of nitrogens with one attached hydrogen (secondary N) is 3. The molecular weight excluding hydrogens is 380 g/mol. The van der Waals surface area contributed by atoms with Crippen LogP contribution in [0.2, 0.25) is 0 Å². The summed E-state index contributed by atoms with van der Waals surface area (Å²) in [4.78, 5) is 36.4. The Labute approximate surface area is 170 Å². The molecule has 154 valence electrons. The average molecular weight is 409 g/mol. The van der Waals surface area contributed by atoms with Crippen LogP contribution in [-0.2, 0) is 20.9 Å². The predicted octanol–water partition coefficient (Wildman–Crippen LogP) is 1.38. The third-order valence-corrected chi connectivity index (χ3v) is 4.04. The van der Waals surface area contributed by atoms with Crippen molar-refractivity contribution >= 4 is 35.1 Å². The maximum atomic E-state index is 12.4. The fourth-order valence-corrected chi connectivity index (χ4v) is 2.40. The fraction of sp³-hybridized carbons (Fsp3) is 0.474. The lowest BCUT2D eigenvalue weighted by Gasteiger charge is -2.20. The van der Waals surface area contributed by atoms with Crippen LogP contribution in [0, 0.1) is 0 Å². The van der Waals surface area contributed by atoms with Gasteiger partial charge in [0, 0.05) is 6.54 Å². The molecule has 2 atom stereocenters. The van der Waals surface area contributed by atoms with Gasteiger partial charge in [-0.25, -0.2) is 4.79 Å². The molecule has 1 aromatic rings. The molecule has 28 heavy (non-hydrogen) atoms. The van der Waals surface area contributed by atoms with Crippen molar-refractivity contribution in [3.8, 4) is 0 Å². The Morgan fingerprint density at radius 2 is 1.82 bits per heavy atom. The van der Waals surface area contributed by atoms with Gasteiger partial charge in [-0.3, -0.25) is 9.59 Å². The summed E-state index contributed by atoms with van der Waals surface area (Å²) in [6.45, 7) is 4.05. The van der Waals surface area contributed by atoms with Crippen molar-refractivity contribution in [2.75, 3.05) is 6.54 Å². The highest BCUT2D eigenvalue weighted by atomic mass is 32.1. The van der Waals surface area contributed by atoms with Crippen molar-refractivity contribution in [1.82, 2.24) is 16.0 Å².